The van der Waals surface area contributed by atoms with Crippen molar-refractivity contribution in [1.82, 2.24) is 0 Å². The third kappa shape index (κ3) is 12.0. The second-order valence-electron chi connectivity index (χ2n) is 12.4. The molecule has 1 atom stereocenters. The van der Waals surface area contributed by atoms with E-state index in [0.717, 1.165) is 19.3 Å². The molecule has 0 amide bonds. The Morgan fingerprint density at radius 3 is 1.76 bits per heavy atom. The van der Waals surface area contributed by atoms with Crippen molar-refractivity contribution >= 4 is 5.97 Å². The molecule has 3 heteroatoms. The van der Waals surface area contributed by atoms with Crippen LogP contribution in [0.3, 0.4) is 0 Å². The molecule has 0 aromatic carbocycles. The minimum Gasteiger partial charge on any atom is -0.462 e. The lowest BCUT2D eigenvalue weighted by Gasteiger charge is -2.44. The summed E-state index contributed by atoms with van der Waals surface area (Å²) in [5, 5.41) is 0. The van der Waals surface area contributed by atoms with Gasteiger partial charge in [-0.25, -0.2) is 0 Å². The Hall–Kier alpha value is -0.570. The van der Waals surface area contributed by atoms with Crippen LogP contribution in [0.4, 0.5) is 0 Å². The number of carbonyl (C=O) groups excluding carboxylic acids is 1. The Kier molecular flexibility index (Phi) is 11.5. The van der Waals surface area contributed by atoms with Crippen LogP contribution in [0.15, 0.2) is 0 Å². The smallest absolute Gasteiger partial charge is 0.306 e. The van der Waals surface area contributed by atoms with E-state index in [2.05, 4.69) is 69.2 Å². The summed E-state index contributed by atoms with van der Waals surface area (Å²) in [6.07, 6.45) is 8.94. The van der Waals surface area contributed by atoms with E-state index in [1.54, 1.807) is 0 Å². The van der Waals surface area contributed by atoms with E-state index in [4.69, 9.17) is 10.5 Å². The molecule has 1 unspecified atom stereocenters. The van der Waals surface area contributed by atoms with Crippen LogP contribution in [0.25, 0.3) is 0 Å². The topological polar surface area (TPSA) is 52.3 Å². The molecule has 0 saturated heterocycles. The van der Waals surface area contributed by atoms with Crippen molar-refractivity contribution in [3.05, 3.63) is 0 Å². The van der Waals surface area contributed by atoms with Gasteiger partial charge in [0.15, 0.2) is 0 Å². The van der Waals surface area contributed by atoms with Crippen LogP contribution >= 0.6 is 0 Å². The summed E-state index contributed by atoms with van der Waals surface area (Å²) in [5.74, 6) is -0.0922. The van der Waals surface area contributed by atoms with Crippen molar-refractivity contribution in [2.45, 2.75) is 133 Å². The Balaban J connectivity index is 5.54. The number of hydrogen-bond acceptors (Lipinski definition) is 3. The maximum Gasteiger partial charge on any atom is 0.306 e. The van der Waals surface area contributed by atoms with Crippen LogP contribution in [0.1, 0.15) is 127 Å². The van der Waals surface area contributed by atoms with E-state index >= 15 is 0 Å². The van der Waals surface area contributed by atoms with Crippen molar-refractivity contribution < 1.29 is 9.53 Å². The van der Waals surface area contributed by atoms with Crippen LogP contribution in [-0.4, -0.2) is 18.6 Å². The lowest BCUT2D eigenvalue weighted by Crippen LogP contribution is -2.41. The predicted octanol–water partition coefficient (Wildman–Crippen LogP) is 7.51. The average Bonchev–Trinajstić information content (AvgIpc) is 2.49. The molecule has 0 aliphatic heterocycles. The zero-order valence-electron chi connectivity index (χ0n) is 21.5. The Morgan fingerprint density at radius 1 is 0.828 bits per heavy atom. The molecule has 174 valence electrons. The van der Waals surface area contributed by atoms with Gasteiger partial charge in [-0.05, 0) is 61.3 Å². The van der Waals surface area contributed by atoms with E-state index in [-0.39, 0.29) is 28.3 Å². The molecule has 29 heavy (non-hydrogen) atoms. The normalized spacial score (nSPS) is 14.7. The molecular weight excluding hydrogens is 358 g/mol. The van der Waals surface area contributed by atoms with Gasteiger partial charge in [-0.3, -0.25) is 4.79 Å². The fraction of sp³-hybridized carbons (Fsp3) is 0.962. The Bertz CT molecular complexity index is 477. The highest BCUT2D eigenvalue weighted by molar-refractivity contribution is 5.69. The van der Waals surface area contributed by atoms with Gasteiger partial charge in [-0.2, -0.15) is 0 Å². The van der Waals surface area contributed by atoms with E-state index in [9.17, 15) is 4.79 Å². The first kappa shape index (κ1) is 28.4. The second-order valence-corrected chi connectivity index (χ2v) is 12.4. The zero-order chi connectivity index (χ0) is 22.9. The summed E-state index contributed by atoms with van der Waals surface area (Å²) in [6.45, 7) is 23.7. The number of esters is 1. The van der Waals surface area contributed by atoms with Gasteiger partial charge in [0.25, 0.3) is 0 Å². The van der Waals surface area contributed by atoms with Crippen LogP contribution in [0.2, 0.25) is 0 Å². The molecule has 0 rings (SSSR count). The SMILES string of the molecule is CCCC(C)(C)CC(C)(C)CC(OC(=O)CCCN)C(C)(C)CC(C)(C)CCC. The molecule has 0 fully saturated rings. The zero-order valence-corrected chi connectivity index (χ0v) is 21.5. The van der Waals surface area contributed by atoms with Crippen LogP contribution in [0.5, 0.6) is 0 Å². The Labute approximate surface area is 182 Å². The number of carbonyl (C=O) groups is 1. The largest absolute Gasteiger partial charge is 0.462 e. The highest BCUT2D eigenvalue weighted by atomic mass is 16.5. The summed E-state index contributed by atoms with van der Waals surface area (Å²) < 4.78 is 6.16. The molecule has 0 radical (unpaired) electrons. The summed E-state index contributed by atoms with van der Waals surface area (Å²) in [7, 11) is 0. The molecule has 0 aliphatic carbocycles. The second kappa shape index (κ2) is 11.7. The van der Waals surface area contributed by atoms with E-state index < -0.39 is 0 Å². The lowest BCUT2D eigenvalue weighted by atomic mass is 9.64. The minimum absolute atomic E-state index is 0.0663. The molecular formula is C26H53NO2. The molecule has 3 nitrogen and oxygen atoms in total. The minimum atomic E-state index is -0.0922. The number of rotatable bonds is 15. The molecule has 0 aromatic rings. The van der Waals surface area contributed by atoms with Crippen LogP contribution in [-0.2, 0) is 9.53 Å². The van der Waals surface area contributed by atoms with Crippen molar-refractivity contribution in [3.63, 3.8) is 0 Å². The standard InChI is InChI=1S/C26H53NO2/c1-11-15-23(3,4)19-25(7,8)18-21(29-22(28)14-13-17-27)26(9,10)20-24(5,6)16-12-2/h21H,11-20,27H2,1-10H3. The van der Waals surface area contributed by atoms with Gasteiger partial charge in [0.05, 0.1) is 0 Å². The highest BCUT2D eigenvalue weighted by Crippen LogP contribution is 2.46. The highest BCUT2D eigenvalue weighted by Gasteiger charge is 2.41. The third-order valence-corrected chi connectivity index (χ3v) is 6.21. The molecule has 0 saturated carbocycles. The molecule has 0 aliphatic rings. The molecule has 2 N–H and O–H groups in total. The first-order chi connectivity index (χ1) is 13.1. The summed E-state index contributed by atoms with van der Waals surface area (Å²) >= 11 is 0. The van der Waals surface area contributed by atoms with E-state index in [0.29, 0.717) is 24.8 Å². The fourth-order valence-corrected chi connectivity index (χ4v) is 5.69. The summed E-state index contributed by atoms with van der Waals surface area (Å²) in [4.78, 5) is 12.5. The number of hydrogen-bond donors (Lipinski definition) is 1. The molecule has 0 heterocycles. The van der Waals surface area contributed by atoms with Gasteiger partial charge in [-0.15, -0.1) is 0 Å². The molecule has 0 spiro atoms. The number of nitrogens with two attached hydrogens (primary N) is 1. The third-order valence-electron chi connectivity index (χ3n) is 6.21. The summed E-state index contributed by atoms with van der Waals surface area (Å²) in [5.41, 5.74) is 6.20. The van der Waals surface area contributed by atoms with Gasteiger partial charge >= 0.3 is 5.97 Å². The van der Waals surface area contributed by atoms with Gasteiger partial charge in [0.1, 0.15) is 6.10 Å². The van der Waals surface area contributed by atoms with Crippen LogP contribution < -0.4 is 5.73 Å². The van der Waals surface area contributed by atoms with Gasteiger partial charge < -0.3 is 10.5 Å². The lowest BCUT2D eigenvalue weighted by molar-refractivity contribution is -0.160. The molecule has 0 aromatic heterocycles. The van der Waals surface area contributed by atoms with E-state index in [1.165, 1.54) is 25.7 Å². The van der Waals surface area contributed by atoms with Gasteiger partial charge in [-0.1, -0.05) is 82.1 Å². The van der Waals surface area contributed by atoms with Crippen LogP contribution in [0, 0.1) is 21.7 Å². The Morgan fingerprint density at radius 2 is 1.31 bits per heavy atom. The maximum atomic E-state index is 12.5. The molecule has 0 bridgehead atoms. The maximum absolute atomic E-state index is 12.5. The fourth-order valence-electron chi connectivity index (χ4n) is 5.69. The van der Waals surface area contributed by atoms with Crippen molar-refractivity contribution in [1.29, 1.82) is 0 Å². The van der Waals surface area contributed by atoms with Crippen molar-refractivity contribution in [2.75, 3.05) is 6.54 Å². The predicted molar refractivity (Wildman–Crippen MR) is 127 cm³/mol. The van der Waals surface area contributed by atoms with E-state index in [1.807, 2.05) is 0 Å². The van der Waals surface area contributed by atoms with Gasteiger partial charge in [0.2, 0.25) is 0 Å². The van der Waals surface area contributed by atoms with Gasteiger partial charge in [0, 0.05) is 11.8 Å². The van der Waals surface area contributed by atoms with Crippen molar-refractivity contribution in [3.8, 4) is 0 Å². The summed E-state index contributed by atoms with van der Waals surface area (Å²) in [6, 6.07) is 0. The first-order valence-corrected chi connectivity index (χ1v) is 12.0. The monoisotopic (exact) mass is 411 g/mol. The first-order valence-electron chi connectivity index (χ1n) is 12.0. The quantitative estimate of drug-likeness (QED) is 0.284. The van der Waals surface area contributed by atoms with Crippen molar-refractivity contribution in [2.24, 2.45) is 27.4 Å². The number of ether oxygens (including phenoxy) is 1. The average molecular weight is 412 g/mol.